The topological polar surface area (TPSA) is 38.2 Å². The van der Waals surface area contributed by atoms with Gasteiger partial charge in [-0.2, -0.15) is 0 Å². The molecule has 1 fully saturated rings. The molecule has 1 aliphatic heterocycles. The maximum absolute atomic E-state index is 5.73. The van der Waals surface area contributed by atoms with Crippen LogP contribution in [-0.4, -0.2) is 28.5 Å². The largest absolute Gasteiger partial charge is 0.370 e. The predicted molar refractivity (Wildman–Crippen MR) is 86.2 cm³/mol. The first-order chi connectivity index (χ1) is 10.8. The third-order valence-corrected chi connectivity index (χ3v) is 3.94. The molecule has 0 spiro atoms. The van der Waals surface area contributed by atoms with Crippen molar-refractivity contribution in [2.75, 3.05) is 13.7 Å². The van der Waals surface area contributed by atoms with Crippen molar-refractivity contribution in [1.29, 1.82) is 0 Å². The second kappa shape index (κ2) is 7.47. The van der Waals surface area contributed by atoms with Crippen LogP contribution in [0.2, 0.25) is 0 Å². The Balaban J connectivity index is 1.56. The molecule has 2 aromatic rings. The normalized spacial score (nSPS) is 18.5. The highest BCUT2D eigenvalue weighted by atomic mass is 16.5. The van der Waals surface area contributed by atoms with Gasteiger partial charge >= 0.3 is 0 Å². The molecule has 4 heteroatoms. The first-order valence-electron chi connectivity index (χ1n) is 7.96. The lowest BCUT2D eigenvalue weighted by molar-refractivity contribution is 0.00938. The van der Waals surface area contributed by atoms with Crippen LogP contribution in [0.25, 0.3) is 0 Å². The van der Waals surface area contributed by atoms with Gasteiger partial charge < -0.3 is 4.74 Å². The summed E-state index contributed by atoms with van der Waals surface area (Å²) in [6, 6.07) is 10.5. The molecule has 2 heterocycles. The highest BCUT2D eigenvalue weighted by Gasteiger charge is 2.18. The Morgan fingerprint density at radius 3 is 2.45 bits per heavy atom. The Hall–Kier alpha value is -1.78. The summed E-state index contributed by atoms with van der Waals surface area (Å²) >= 11 is 0. The molecule has 0 radical (unpaired) electrons. The minimum atomic E-state index is 0.0878. The number of ether oxygens (including phenoxy) is 1. The monoisotopic (exact) mass is 297 g/mol. The van der Waals surface area contributed by atoms with Gasteiger partial charge in [-0.3, -0.25) is 4.90 Å². The zero-order valence-electron chi connectivity index (χ0n) is 13.1. The fourth-order valence-corrected chi connectivity index (χ4v) is 2.82. The smallest absolute Gasteiger partial charge is 0.157 e. The van der Waals surface area contributed by atoms with Crippen LogP contribution in [0.3, 0.4) is 0 Å². The van der Waals surface area contributed by atoms with E-state index in [-0.39, 0.29) is 6.10 Å². The van der Waals surface area contributed by atoms with Gasteiger partial charge in [-0.25, -0.2) is 9.97 Å². The van der Waals surface area contributed by atoms with Crippen LogP contribution in [-0.2, 0) is 17.8 Å². The number of rotatable bonds is 5. The van der Waals surface area contributed by atoms with Crippen molar-refractivity contribution in [1.82, 2.24) is 14.9 Å². The third kappa shape index (κ3) is 4.12. The van der Waals surface area contributed by atoms with Crippen molar-refractivity contribution in [3.05, 3.63) is 59.7 Å². The Morgan fingerprint density at radius 2 is 1.77 bits per heavy atom. The lowest BCUT2D eigenvalue weighted by Gasteiger charge is -2.21. The summed E-state index contributed by atoms with van der Waals surface area (Å²) in [5, 5.41) is 0. The van der Waals surface area contributed by atoms with Crippen LogP contribution in [0.4, 0.5) is 0 Å². The quantitative estimate of drug-likeness (QED) is 0.848. The molecular weight excluding hydrogens is 274 g/mol. The van der Waals surface area contributed by atoms with Crippen LogP contribution >= 0.6 is 0 Å². The molecule has 0 aliphatic carbocycles. The Bertz CT molecular complexity index is 565. The van der Waals surface area contributed by atoms with Crippen LogP contribution < -0.4 is 0 Å². The summed E-state index contributed by atoms with van der Waals surface area (Å²) in [4.78, 5) is 11.3. The Kier molecular flexibility index (Phi) is 5.14. The number of nitrogens with zero attached hydrogens (tertiary/aromatic N) is 3. The predicted octanol–water partition coefficient (Wildman–Crippen LogP) is 3.35. The van der Waals surface area contributed by atoms with Crippen LogP contribution in [0.5, 0.6) is 0 Å². The summed E-state index contributed by atoms with van der Waals surface area (Å²) in [6.45, 7) is 2.60. The molecule has 3 rings (SSSR count). The maximum Gasteiger partial charge on any atom is 0.157 e. The molecular formula is C18H23N3O. The summed E-state index contributed by atoms with van der Waals surface area (Å²) < 4.78 is 5.73. The van der Waals surface area contributed by atoms with Crippen molar-refractivity contribution < 1.29 is 4.74 Å². The van der Waals surface area contributed by atoms with Crippen LogP contribution in [0.15, 0.2) is 42.7 Å². The lowest BCUT2D eigenvalue weighted by atomic mass is 10.1. The second-order valence-electron chi connectivity index (χ2n) is 5.96. The average Bonchev–Trinajstić information content (AvgIpc) is 2.57. The minimum Gasteiger partial charge on any atom is -0.370 e. The maximum atomic E-state index is 5.73. The average molecular weight is 297 g/mol. The van der Waals surface area contributed by atoms with Gasteiger partial charge in [-0.15, -0.1) is 0 Å². The number of aromatic nitrogens is 2. The molecule has 22 heavy (non-hydrogen) atoms. The Morgan fingerprint density at radius 1 is 1.05 bits per heavy atom. The van der Waals surface area contributed by atoms with E-state index in [0.29, 0.717) is 0 Å². The molecule has 0 saturated carbocycles. The van der Waals surface area contributed by atoms with Crippen molar-refractivity contribution >= 4 is 0 Å². The fourth-order valence-electron chi connectivity index (χ4n) is 2.82. The van der Waals surface area contributed by atoms with E-state index in [2.05, 4.69) is 46.2 Å². The zero-order valence-corrected chi connectivity index (χ0v) is 13.1. The van der Waals surface area contributed by atoms with Gasteiger partial charge in [-0.05, 0) is 31.9 Å². The summed E-state index contributed by atoms with van der Waals surface area (Å²) in [5.74, 6) is 0.828. The highest BCUT2D eigenvalue weighted by molar-refractivity contribution is 5.15. The summed E-state index contributed by atoms with van der Waals surface area (Å²) in [5.41, 5.74) is 2.45. The molecule has 1 saturated heterocycles. The zero-order chi connectivity index (χ0) is 15.2. The van der Waals surface area contributed by atoms with Gasteiger partial charge in [-0.1, -0.05) is 30.3 Å². The Labute approximate surface area is 132 Å². The minimum absolute atomic E-state index is 0.0878. The van der Waals surface area contributed by atoms with E-state index < -0.39 is 0 Å². The molecule has 0 bridgehead atoms. The number of benzene rings is 1. The molecule has 1 aliphatic rings. The van der Waals surface area contributed by atoms with E-state index in [1.54, 1.807) is 0 Å². The van der Waals surface area contributed by atoms with E-state index in [9.17, 15) is 0 Å². The van der Waals surface area contributed by atoms with Gasteiger partial charge in [0.2, 0.25) is 0 Å². The first kappa shape index (κ1) is 15.1. The number of hydrogen-bond acceptors (Lipinski definition) is 4. The molecule has 1 aromatic carbocycles. The third-order valence-electron chi connectivity index (χ3n) is 3.94. The van der Waals surface area contributed by atoms with Gasteiger partial charge in [0, 0.05) is 37.7 Å². The molecule has 0 amide bonds. The van der Waals surface area contributed by atoms with E-state index in [4.69, 9.17) is 4.74 Å². The molecule has 4 nitrogen and oxygen atoms in total. The second-order valence-corrected chi connectivity index (χ2v) is 5.96. The van der Waals surface area contributed by atoms with E-state index in [0.717, 1.165) is 43.9 Å². The molecule has 116 valence electrons. The summed E-state index contributed by atoms with van der Waals surface area (Å²) in [6.07, 6.45) is 7.34. The van der Waals surface area contributed by atoms with Gasteiger partial charge in [0.05, 0.1) is 0 Å². The van der Waals surface area contributed by atoms with E-state index in [1.165, 1.54) is 12.0 Å². The summed E-state index contributed by atoms with van der Waals surface area (Å²) in [7, 11) is 2.12. The van der Waals surface area contributed by atoms with Gasteiger partial charge in [0.15, 0.2) is 5.82 Å². The first-order valence-corrected chi connectivity index (χ1v) is 7.96. The van der Waals surface area contributed by atoms with Crippen LogP contribution in [0.1, 0.15) is 42.3 Å². The highest BCUT2D eigenvalue weighted by Crippen LogP contribution is 2.24. The van der Waals surface area contributed by atoms with Crippen molar-refractivity contribution in [3.8, 4) is 0 Å². The van der Waals surface area contributed by atoms with Crippen molar-refractivity contribution in [2.45, 2.75) is 38.5 Å². The SMILES string of the molecule is CN(Cc1ccccc1)Cc1cnc([C@H]2CCCCO2)nc1. The van der Waals surface area contributed by atoms with Crippen LogP contribution in [0, 0.1) is 0 Å². The number of hydrogen-bond donors (Lipinski definition) is 0. The molecule has 1 aromatic heterocycles. The van der Waals surface area contributed by atoms with Gasteiger partial charge in [0.25, 0.3) is 0 Å². The lowest BCUT2D eigenvalue weighted by Crippen LogP contribution is -2.18. The van der Waals surface area contributed by atoms with Gasteiger partial charge in [0.1, 0.15) is 6.10 Å². The van der Waals surface area contributed by atoms with E-state index >= 15 is 0 Å². The molecule has 0 unspecified atom stereocenters. The van der Waals surface area contributed by atoms with E-state index in [1.807, 2.05) is 18.5 Å². The fraction of sp³-hybridized carbons (Fsp3) is 0.444. The van der Waals surface area contributed by atoms with Crippen molar-refractivity contribution in [2.24, 2.45) is 0 Å². The van der Waals surface area contributed by atoms with Crippen molar-refractivity contribution in [3.63, 3.8) is 0 Å². The standard InChI is InChI=1S/C18H23N3O/c1-21(13-15-7-3-2-4-8-15)14-16-11-19-18(20-12-16)17-9-5-6-10-22-17/h2-4,7-8,11-12,17H,5-6,9-10,13-14H2,1H3/t17-/m1/s1. The molecule has 0 N–H and O–H groups in total. The molecule has 1 atom stereocenters.